The van der Waals surface area contributed by atoms with Crippen LogP contribution < -0.4 is 16.2 Å². The fourth-order valence-corrected chi connectivity index (χ4v) is 2.00. The van der Waals surface area contributed by atoms with Crippen LogP contribution in [0.2, 0.25) is 0 Å². The molecule has 0 radical (unpaired) electrons. The molecule has 7 nitrogen and oxygen atoms in total. The minimum absolute atomic E-state index is 0.0369. The molecule has 96 valence electrons. The lowest BCUT2D eigenvalue weighted by Gasteiger charge is -2.07. The van der Waals surface area contributed by atoms with Crippen LogP contribution in [0.4, 0.5) is 11.4 Å². The third-order valence-corrected chi connectivity index (χ3v) is 3.12. The number of anilines is 2. The Balaban J connectivity index is 2.21. The number of nitrogens with one attached hydrogen (secondary N) is 1. The largest absolute Gasteiger partial charge is 0.399 e. The topological polar surface area (TPSA) is 124 Å². The Hall–Kier alpha value is -2.06. The molecule has 0 spiro atoms. The number of nitrogens with zero attached hydrogens (tertiary/aromatic N) is 1. The molecule has 18 heavy (non-hydrogen) atoms. The van der Waals surface area contributed by atoms with Crippen molar-refractivity contribution in [2.75, 3.05) is 11.1 Å². The van der Waals surface area contributed by atoms with E-state index in [0.717, 1.165) is 0 Å². The molecule has 1 aromatic carbocycles. The van der Waals surface area contributed by atoms with Crippen LogP contribution in [0.25, 0.3) is 0 Å². The molecule has 0 aliphatic heterocycles. The summed E-state index contributed by atoms with van der Waals surface area (Å²) in [7, 11) is -3.77. The molecule has 2 rings (SSSR count). The van der Waals surface area contributed by atoms with Crippen LogP contribution in [0.5, 0.6) is 0 Å². The zero-order chi connectivity index (χ0) is 13.2. The Kier molecular flexibility index (Phi) is 3.21. The maximum Gasteiger partial charge on any atom is 0.238 e. The van der Waals surface area contributed by atoms with Gasteiger partial charge in [0.1, 0.15) is 12.0 Å². The van der Waals surface area contributed by atoms with Gasteiger partial charge in [-0.25, -0.2) is 13.6 Å². The van der Waals surface area contributed by atoms with Gasteiger partial charge in [-0.05, 0) is 18.2 Å². The van der Waals surface area contributed by atoms with Crippen LogP contribution in [0.3, 0.4) is 0 Å². The molecule has 5 N–H and O–H groups in total. The number of hydrogen-bond donors (Lipinski definition) is 3. The van der Waals surface area contributed by atoms with Crippen LogP contribution in [-0.4, -0.2) is 13.6 Å². The van der Waals surface area contributed by atoms with Crippen molar-refractivity contribution in [2.24, 2.45) is 5.14 Å². The maximum absolute atomic E-state index is 11.2. The first kappa shape index (κ1) is 12.4. The number of nitrogen functional groups attached to an aromatic ring is 1. The van der Waals surface area contributed by atoms with Crippen molar-refractivity contribution >= 4 is 21.4 Å². The van der Waals surface area contributed by atoms with Crippen LogP contribution in [0.15, 0.2) is 39.9 Å². The van der Waals surface area contributed by atoms with Gasteiger partial charge in [-0.15, -0.1) is 0 Å². The van der Waals surface area contributed by atoms with Crippen molar-refractivity contribution in [3.63, 3.8) is 0 Å². The van der Waals surface area contributed by atoms with Crippen LogP contribution in [0, 0.1) is 0 Å². The first-order valence-electron chi connectivity index (χ1n) is 5.01. The van der Waals surface area contributed by atoms with E-state index in [0.29, 0.717) is 23.6 Å². The van der Waals surface area contributed by atoms with Gasteiger partial charge in [0.2, 0.25) is 10.0 Å². The van der Waals surface area contributed by atoms with E-state index >= 15 is 0 Å². The van der Waals surface area contributed by atoms with Gasteiger partial charge in [-0.2, -0.15) is 0 Å². The SMILES string of the molecule is Nc1cc(NCc2ccon2)cc(S(N)(=O)=O)c1. The number of rotatable bonds is 4. The lowest BCUT2D eigenvalue weighted by atomic mass is 10.2. The smallest absolute Gasteiger partial charge is 0.238 e. The van der Waals surface area contributed by atoms with Crippen LogP contribution >= 0.6 is 0 Å². The van der Waals surface area contributed by atoms with E-state index in [1.54, 1.807) is 12.1 Å². The van der Waals surface area contributed by atoms with Crippen molar-refractivity contribution in [3.05, 3.63) is 36.2 Å². The van der Waals surface area contributed by atoms with Crippen molar-refractivity contribution in [1.82, 2.24) is 5.16 Å². The van der Waals surface area contributed by atoms with E-state index in [1.165, 1.54) is 18.4 Å². The first-order valence-corrected chi connectivity index (χ1v) is 6.56. The lowest BCUT2D eigenvalue weighted by molar-refractivity contribution is 0.412. The van der Waals surface area contributed by atoms with E-state index in [2.05, 4.69) is 15.0 Å². The van der Waals surface area contributed by atoms with Gasteiger partial charge in [0, 0.05) is 17.4 Å². The van der Waals surface area contributed by atoms with E-state index in [-0.39, 0.29) is 4.90 Å². The Morgan fingerprint density at radius 2 is 2.11 bits per heavy atom. The molecule has 0 saturated carbocycles. The highest BCUT2D eigenvalue weighted by Gasteiger charge is 2.10. The molecular formula is C10H12N4O3S. The minimum Gasteiger partial charge on any atom is -0.399 e. The fourth-order valence-electron chi connectivity index (χ4n) is 1.41. The van der Waals surface area contributed by atoms with Crippen molar-refractivity contribution in [1.29, 1.82) is 0 Å². The molecule has 0 fully saturated rings. The lowest BCUT2D eigenvalue weighted by Crippen LogP contribution is -2.13. The molecule has 0 amide bonds. The highest BCUT2D eigenvalue weighted by molar-refractivity contribution is 7.89. The average molecular weight is 268 g/mol. The Morgan fingerprint density at radius 3 is 2.72 bits per heavy atom. The standard InChI is InChI=1S/C10H12N4O3S/c11-7-3-9(5-10(4-7)18(12,15)16)13-6-8-1-2-17-14-8/h1-5,13H,6,11H2,(H2,12,15,16). The number of hydrogen-bond acceptors (Lipinski definition) is 6. The normalized spacial score (nSPS) is 11.4. The van der Waals surface area contributed by atoms with Crippen molar-refractivity contribution in [3.8, 4) is 0 Å². The third kappa shape index (κ3) is 2.99. The molecule has 0 bridgehead atoms. The van der Waals surface area contributed by atoms with E-state index < -0.39 is 10.0 Å². The van der Waals surface area contributed by atoms with E-state index in [9.17, 15) is 8.42 Å². The fraction of sp³-hybridized carbons (Fsp3) is 0.100. The Bertz CT molecular complexity index is 637. The summed E-state index contributed by atoms with van der Waals surface area (Å²) in [4.78, 5) is -0.0369. The number of benzene rings is 1. The molecule has 0 atom stereocenters. The zero-order valence-corrected chi connectivity index (χ0v) is 10.1. The molecule has 0 aliphatic rings. The summed E-state index contributed by atoms with van der Waals surface area (Å²) in [6.07, 6.45) is 1.45. The van der Waals surface area contributed by atoms with Crippen molar-refractivity contribution < 1.29 is 12.9 Å². The predicted molar refractivity (Wildman–Crippen MR) is 66.1 cm³/mol. The second kappa shape index (κ2) is 4.67. The summed E-state index contributed by atoms with van der Waals surface area (Å²) in [5.74, 6) is 0. The van der Waals surface area contributed by atoms with Crippen LogP contribution in [-0.2, 0) is 16.6 Å². The highest BCUT2D eigenvalue weighted by Crippen LogP contribution is 2.20. The quantitative estimate of drug-likeness (QED) is 0.694. The molecule has 1 heterocycles. The number of sulfonamides is 1. The number of aromatic nitrogens is 1. The van der Waals surface area contributed by atoms with Crippen LogP contribution in [0.1, 0.15) is 5.69 Å². The maximum atomic E-state index is 11.2. The third-order valence-electron chi connectivity index (χ3n) is 2.22. The molecule has 0 unspecified atom stereocenters. The summed E-state index contributed by atoms with van der Waals surface area (Å²) in [6.45, 7) is 0.393. The van der Waals surface area contributed by atoms with Gasteiger partial charge >= 0.3 is 0 Å². The van der Waals surface area contributed by atoms with E-state index in [4.69, 9.17) is 10.9 Å². The summed E-state index contributed by atoms with van der Waals surface area (Å²) in [6, 6.07) is 6.01. The molecule has 2 aromatic rings. The van der Waals surface area contributed by atoms with Gasteiger partial charge in [-0.3, -0.25) is 0 Å². The number of nitrogens with two attached hydrogens (primary N) is 2. The predicted octanol–water partition coefficient (Wildman–Crippen LogP) is 0.516. The van der Waals surface area contributed by atoms with Gasteiger partial charge < -0.3 is 15.6 Å². The first-order chi connectivity index (χ1) is 8.45. The molecule has 8 heteroatoms. The zero-order valence-electron chi connectivity index (χ0n) is 9.33. The van der Waals surface area contributed by atoms with Crippen molar-refractivity contribution in [2.45, 2.75) is 11.4 Å². The van der Waals surface area contributed by atoms with E-state index in [1.807, 2.05) is 0 Å². The Morgan fingerprint density at radius 1 is 1.33 bits per heavy atom. The molecular weight excluding hydrogens is 256 g/mol. The summed E-state index contributed by atoms with van der Waals surface area (Å²) < 4.78 is 27.1. The summed E-state index contributed by atoms with van der Waals surface area (Å²) >= 11 is 0. The minimum atomic E-state index is -3.77. The monoisotopic (exact) mass is 268 g/mol. The number of primary sulfonamides is 1. The summed E-state index contributed by atoms with van der Waals surface area (Å²) in [5.41, 5.74) is 7.15. The molecule has 0 aliphatic carbocycles. The Labute approximate surface area is 104 Å². The second-order valence-electron chi connectivity index (χ2n) is 3.68. The summed E-state index contributed by atoms with van der Waals surface area (Å²) in [5, 5.41) is 11.7. The average Bonchev–Trinajstić information content (AvgIpc) is 2.77. The van der Waals surface area contributed by atoms with Gasteiger partial charge in [0.15, 0.2) is 0 Å². The van der Waals surface area contributed by atoms with Gasteiger partial charge in [-0.1, -0.05) is 5.16 Å². The van der Waals surface area contributed by atoms with Gasteiger partial charge in [0.25, 0.3) is 0 Å². The highest BCUT2D eigenvalue weighted by atomic mass is 32.2. The van der Waals surface area contributed by atoms with Gasteiger partial charge in [0.05, 0.1) is 11.4 Å². The molecule has 1 aromatic heterocycles. The molecule has 0 saturated heterocycles. The second-order valence-corrected chi connectivity index (χ2v) is 5.24.